The number of allylic oxidation sites excluding steroid dienone is 2. The van der Waals surface area contributed by atoms with Crippen molar-refractivity contribution in [2.75, 3.05) is 7.11 Å². The van der Waals surface area contributed by atoms with Crippen molar-refractivity contribution in [1.29, 1.82) is 0 Å². The minimum Gasteiger partial charge on any atom is -0.497 e. The van der Waals surface area contributed by atoms with Crippen molar-refractivity contribution < 1.29 is 9.53 Å². The van der Waals surface area contributed by atoms with Gasteiger partial charge in [-0.1, -0.05) is 6.07 Å². The third-order valence-corrected chi connectivity index (χ3v) is 2.82. The Balaban J connectivity index is 2.45. The number of ether oxygens (including phenoxy) is 1. The molecule has 0 spiro atoms. The van der Waals surface area contributed by atoms with Crippen LogP contribution in [0.3, 0.4) is 0 Å². The molecule has 2 nitrogen and oxygen atoms in total. The van der Waals surface area contributed by atoms with Crippen LogP contribution >= 0.6 is 0 Å². The van der Waals surface area contributed by atoms with Crippen LogP contribution in [0.25, 0.3) is 5.57 Å². The Kier molecular flexibility index (Phi) is 2.86. The van der Waals surface area contributed by atoms with Gasteiger partial charge in [0.1, 0.15) is 12.0 Å². The van der Waals surface area contributed by atoms with E-state index in [2.05, 4.69) is 6.07 Å². The molecule has 0 bridgehead atoms. The lowest BCUT2D eigenvalue weighted by atomic mass is 9.87. The number of rotatable bonds is 2. The van der Waals surface area contributed by atoms with E-state index in [0.717, 1.165) is 36.9 Å². The smallest absolute Gasteiger partial charge is 0.143 e. The van der Waals surface area contributed by atoms with Crippen LogP contribution in [0.2, 0.25) is 0 Å². The summed E-state index contributed by atoms with van der Waals surface area (Å²) in [5.41, 5.74) is 3.64. The van der Waals surface area contributed by atoms with E-state index >= 15 is 0 Å². The van der Waals surface area contributed by atoms with Gasteiger partial charge in [0, 0.05) is 0 Å². The molecule has 0 unspecified atom stereocenters. The normalized spacial score (nSPS) is 17.3. The lowest BCUT2D eigenvalue weighted by molar-refractivity contribution is -0.104. The molecular formula is C13H14O2. The molecule has 0 aromatic heterocycles. The van der Waals surface area contributed by atoms with Crippen LogP contribution in [0.15, 0.2) is 24.3 Å². The lowest BCUT2D eigenvalue weighted by Gasteiger charge is -2.19. The molecule has 0 aliphatic heterocycles. The van der Waals surface area contributed by atoms with E-state index in [4.69, 9.17) is 4.74 Å². The first kappa shape index (κ1) is 9.97. The number of benzene rings is 1. The van der Waals surface area contributed by atoms with E-state index in [0.29, 0.717) is 0 Å². The largest absolute Gasteiger partial charge is 0.497 e. The Labute approximate surface area is 89.6 Å². The first-order valence-corrected chi connectivity index (χ1v) is 5.17. The Bertz CT molecular complexity index is 405. The molecule has 0 heterocycles. The van der Waals surface area contributed by atoms with Gasteiger partial charge in [-0.2, -0.15) is 0 Å². The highest BCUT2D eigenvalue weighted by molar-refractivity contribution is 5.83. The van der Waals surface area contributed by atoms with Crippen molar-refractivity contribution in [2.24, 2.45) is 0 Å². The van der Waals surface area contributed by atoms with Gasteiger partial charge in [0.2, 0.25) is 0 Å². The number of hydrogen-bond acceptors (Lipinski definition) is 2. The minimum atomic E-state index is 0.870. The fourth-order valence-electron chi connectivity index (χ4n) is 2.08. The number of carbonyl (C=O) groups is 1. The standard InChI is InChI=1S/C13H14O2/c1-15-12-5-6-13-10(7-8-14)3-2-4-11(13)9-12/h5-9H,2-4H2,1H3/b10-7+. The maximum Gasteiger partial charge on any atom is 0.143 e. The van der Waals surface area contributed by atoms with Gasteiger partial charge in [0.15, 0.2) is 0 Å². The van der Waals surface area contributed by atoms with Crippen LogP contribution in [-0.4, -0.2) is 13.4 Å². The molecule has 1 aliphatic rings. The second-order valence-corrected chi connectivity index (χ2v) is 3.70. The summed E-state index contributed by atoms with van der Waals surface area (Å²) in [6.07, 6.45) is 5.72. The Hall–Kier alpha value is -1.57. The van der Waals surface area contributed by atoms with Crippen LogP contribution in [0, 0.1) is 0 Å². The number of hydrogen-bond donors (Lipinski definition) is 0. The summed E-state index contributed by atoms with van der Waals surface area (Å²) in [6, 6.07) is 6.05. The van der Waals surface area contributed by atoms with Crippen molar-refractivity contribution >= 4 is 11.9 Å². The zero-order valence-electron chi connectivity index (χ0n) is 8.82. The molecule has 2 rings (SSSR count). The van der Waals surface area contributed by atoms with E-state index < -0.39 is 0 Å². The molecule has 1 aliphatic carbocycles. The summed E-state index contributed by atoms with van der Waals surface area (Å²) in [7, 11) is 1.67. The molecule has 0 saturated carbocycles. The molecule has 1 aromatic carbocycles. The second kappa shape index (κ2) is 4.30. The first-order valence-electron chi connectivity index (χ1n) is 5.17. The number of methoxy groups -OCH3 is 1. The van der Waals surface area contributed by atoms with Gasteiger partial charge in [-0.05, 0) is 54.2 Å². The Morgan fingerprint density at radius 1 is 1.33 bits per heavy atom. The third kappa shape index (κ3) is 1.94. The fourth-order valence-corrected chi connectivity index (χ4v) is 2.08. The Morgan fingerprint density at radius 2 is 2.20 bits per heavy atom. The van der Waals surface area contributed by atoms with Crippen molar-refractivity contribution in [1.82, 2.24) is 0 Å². The molecule has 0 fully saturated rings. The van der Waals surface area contributed by atoms with Crippen molar-refractivity contribution in [3.63, 3.8) is 0 Å². The molecule has 78 valence electrons. The molecule has 0 N–H and O–H groups in total. The van der Waals surface area contributed by atoms with Gasteiger partial charge in [0.25, 0.3) is 0 Å². The van der Waals surface area contributed by atoms with Crippen LogP contribution in [0.4, 0.5) is 0 Å². The topological polar surface area (TPSA) is 26.3 Å². The van der Waals surface area contributed by atoms with E-state index in [-0.39, 0.29) is 0 Å². The summed E-state index contributed by atoms with van der Waals surface area (Å²) >= 11 is 0. The summed E-state index contributed by atoms with van der Waals surface area (Å²) in [6.45, 7) is 0. The average molecular weight is 202 g/mol. The number of aldehydes is 1. The van der Waals surface area contributed by atoms with Crippen LogP contribution in [0.5, 0.6) is 5.75 Å². The highest BCUT2D eigenvalue weighted by Crippen LogP contribution is 2.32. The SMILES string of the molecule is COc1ccc2c(c1)CCC/C2=C\C=O. The molecule has 0 amide bonds. The average Bonchev–Trinajstić information content (AvgIpc) is 2.29. The van der Waals surface area contributed by atoms with Gasteiger partial charge in [-0.3, -0.25) is 4.79 Å². The van der Waals surface area contributed by atoms with Gasteiger partial charge in [-0.25, -0.2) is 0 Å². The van der Waals surface area contributed by atoms with Crippen molar-refractivity contribution in [3.05, 3.63) is 35.4 Å². The molecule has 0 saturated heterocycles. The molecule has 2 heteroatoms. The minimum absolute atomic E-state index is 0.870. The van der Waals surface area contributed by atoms with E-state index in [9.17, 15) is 4.79 Å². The summed E-state index contributed by atoms with van der Waals surface area (Å²) < 4.78 is 5.19. The van der Waals surface area contributed by atoms with E-state index in [1.807, 2.05) is 12.1 Å². The van der Waals surface area contributed by atoms with Gasteiger partial charge >= 0.3 is 0 Å². The van der Waals surface area contributed by atoms with Crippen molar-refractivity contribution in [2.45, 2.75) is 19.3 Å². The van der Waals surface area contributed by atoms with Gasteiger partial charge in [0.05, 0.1) is 7.11 Å². The zero-order valence-corrected chi connectivity index (χ0v) is 8.82. The molecule has 0 atom stereocenters. The Morgan fingerprint density at radius 3 is 2.93 bits per heavy atom. The molecule has 0 radical (unpaired) electrons. The fraction of sp³-hybridized carbons (Fsp3) is 0.308. The highest BCUT2D eigenvalue weighted by Gasteiger charge is 2.14. The predicted octanol–water partition coefficient (Wildman–Crippen LogP) is 2.61. The predicted molar refractivity (Wildman–Crippen MR) is 60.0 cm³/mol. The quantitative estimate of drug-likeness (QED) is 0.544. The van der Waals surface area contributed by atoms with Crippen LogP contribution in [-0.2, 0) is 11.2 Å². The zero-order chi connectivity index (χ0) is 10.7. The van der Waals surface area contributed by atoms with Gasteiger partial charge < -0.3 is 4.74 Å². The molecular weight excluding hydrogens is 188 g/mol. The van der Waals surface area contributed by atoms with Gasteiger partial charge in [-0.15, -0.1) is 0 Å². The number of fused-ring (bicyclic) bond motifs is 1. The van der Waals surface area contributed by atoms with E-state index in [1.54, 1.807) is 13.2 Å². The third-order valence-electron chi connectivity index (χ3n) is 2.82. The molecule has 15 heavy (non-hydrogen) atoms. The van der Waals surface area contributed by atoms with E-state index in [1.165, 1.54) is 11.1 Å². The van der Waals surface area contributed by atoms with Crippen molar-refractivity contribution in [3.8, 4) is 5.75 Å². The monoisotopic (exact) mass is 202 g/mol. The maximum absolute atomic E-state index is 10.5. The maximum atomic E-state index is 10.5. The second-order valence-electron chi connectivity index (χ2n) is 3.70. The number of aryl methyl sites for hydroxylation is 1. The summed E-state index contributed by atoms with van der Waals surface area (Å²) in [5.74, 6) is 0.890. The van der Waals surface area contributed by atoms with Crippen LogP contribution in [0.1, 0.15) is 24.0 Å². The summed E-state index contributed by atoms with van der Waals surface area (Å²) in [5, 5.41) is 0. The lowest BCUT2D eigenvalue weighted by Crippen LogP contribution is -2.02. The molecule has 1 aromatic rings. The van der Waals surface area contributed by atoms with Crippen LogP contribution < -0.4 is 4.74 Å². The highest BCUT2D eigenvalue weighted by atomic mass is 16.5. The number of carbonyl (C=O) groups excluding carboxylic acids is 1. The summed E-state index contributed by atoms with van der Waals surface area (Å²) in [4.78, 5) is 10.5. The first-order chi connectivity index (χ1) is 7.35.